The molecule has 0 atom stereocenters. The second kappa shape index (κ2) is 7.51. The first-order chi connectivity index (χ1) is 10.6. The van der Waals surface area contributed by atoms with Crippen molar-refractivity contribution in [3.8, 4) is 17.6 Å². The Morgan fingerprint density at radius 2 is 2.14 bits per heavy atom. The Kier molecular flexibility index (Phi) is 5.42. The van der Waals surface area contributed by atoms with E-state index >= 15 is 0 Å². The smallest absolute Gasteiger partial charge is 0.262 e. The topological polar surface area (TPSA) is 82.3 Å². The lowest BCUT2D eigenvalue weighted by Crippen LogP contribution is -2.36. The lowest BCUT2D eigenvalue weighted by atomic mass is 9.95. The molecule has 1 saturated carbocycles. The van der Waals surface area contributed by atoms with Gasteiger partial charge in [-0.1, -0.05) is 25.3 Å². The summed E-state index contributed by atoms with van der Waals surface area (Å²) >= 11 is 0. The molecule has 2 N–H and O–H groups in total. The van der Waals surface area contributed by atoms with Gasteiger partial charge < -0.3 is 15.2 Å². The molecule has 0 unspecified atom stereocenters. The number of hydrogen-bond donors (Lipinski definition) is 2. The van der Waals surface area contributed by atoms with E-state index < -0.39 is 0 Å². The molecule has 1 aromatic carbocycles. The normalized spacial score (nSPS) is 15.9. The van der Waals surface area contributed by atoms with Crippen LogP contribution in [0.15, 0.2) is 23.8 Å². The number of methoxy groups -OCH3 is 1. The molecule has 0 aromatic heterocycles. The van der Waals surface area contributed by atoms with Crippen molar-refractivity contribution in [1.29, 1.82) is 5.26 Å². The number of aromatic hydroxyl groups is 1. The SMILES string of the molecule is COc1cc(/C=C(\C#N)C(=O)NC2CCCCC2)ccc1O. The maximum Gasteiger partial charge on any atom is 0.262 e. The minimum absolute atomic E-state index is 0.0183. The summed E-state index contributed by atoms with van der Waals surface area (Å²) < 4.78 is 5.02. The number of hydrogen-bond acceptors (Lipinski definition) is 4. The van der Waals surface area contributed by atoms with Gasteiger partial charge >= 0.3 is 0 Å². The van der Waals surface area contributed by atoms with E-state index in [9.17, 15) is 15.2 Å². The third-order valence-electron chi connectivity index (χ3n) is 3.82. The molecule has 0 heterocycles. The molecular formula is C17H20N2O3. The fraction of sp³-hybridized carbons (Fsp3) is 0.412. The highest BCUT2D eigenvalue weighted by Crippen LogP contribution is 2.27. The van der Waals surface area contributed by atoms with E-state index in [0.717, 1.165) is 25.7 Å². The Labute approximate surface area is 130 Å². The second-order valence-electron chi connectivity index (χ2n) is 5.41. The van der Waals surface area contributed by atoms with Crippen molar-refractivity contribution in [3.05, 3.63) is 29.3 Å². The molecule has 1 aromatic rings. The number of ether oxygens (including phenoxy) is 1. The van der Waals surface area contributed by atoms with E-state index in [4.69, 9.17) is 4.74 Å². The predicted molar refractivity (Wildman–Crippen MR) is 83.3 cm³/mol. The van der Waals surface area contributed by atoms with Crippen molar-refractivity contribution in [2.75, 3.05) is 7.11 Å². The fourth-order valence-electron chi connectivity index (χ4n) is 2.61. The number of amides is 1. The first-order valence-corrected chi connectivity index (χ1v) is 7.43. The summed E-state index contributed by atoms with van der Waals surface area (Å²) in [6.07, 6.45) is 6.88. The third kappa shape index (κ3) is 4.01. The number of phenolic OH excluding ortho intramolecular Hbond substituents is 1. The molecular weight excluding hydrogens is 280 g/mol. The number of nitriles is 1. The number of carbonyl (C=O) groups is 1. The number of benzene rings is 1. The van der Waals surface area contributed by atoms with Crippen LogP contribution in [0.1, 0.15) is 37.7 Å². The largest absolute Gasteiger partial charge is 0.504 e. The van der Waals surface area contributed by atoms with Crippen LogP contribution in [0.25, 0.3) is 6.08 Å². The van der Waals surface area contributed by atoms with Gasteiger partial charge in [-0.2, -0.15) is 5.26 Å². The molecule has 1 aliphatic carbocycles. The zero-order valence-electron chi connectivity index (χ0n) is 12.6. The molecule has 5 nitrogen and oxygen atoms in total. The summed E-state index contributed by atoms with van der Waals surface area (Å²) in [7, 11) is 1.45. The van der Waals surface area contributed by atoms with Crippen LogP contribution in [0, 0.1) is 11.3 Å². The zero-order valence-corrected chi connectivity index (χ0v) is 12.6. The summed E-state index contributed by atoms with van der Waals surface area (Å²) in [6, 6.07) is 6.78. The molecule has 0 bridgehead atoms. The maximum atomic E-state index is 12.2. The Morgan fingerprint density at radius 3 is 2.77 bits per heavy atom. The minimum atomic E-state index is -0.346. The van der Waals surface area contributed by atoms with Gasteiger partial charge in [-0.25, -0.2) is 0 Å². The third-order valence-corrected chi connectivity index (χ3v) is 3.82. The van der Waals surface area contributed by atoms with Gasteiger partial charge in [-0.05, 0) is 36.6 Å². The van der Waals surface area contributed by atoms with Gasteiger partial charge in [0.2, 0.25) is 0 Å². The van der Waals surface area contributed by atoms with Gasteiger partial charge in [0.15, 0.2) is 11.5 Å². The number of rotatable bonds is 4. The van der Waals surface area contributed by atoms with E-state index in [2.05, 4.69) is 5.32 Å². The number of carbonyl (C=O) groups excluding carboxylic acids is 1. The van der Waals surface area contributed by atoms with Crippen LogP contribution >= 0.6 is 0 Å². The van der Waals surface area contributed by atoms with E-state index in [-0.39, 0.29) is 23.3 Å². The predicted octanol–water partition coefficient (Wildman–Crippen LogP) is 2.76. The molecule has 0 spiro atoms. The molecule has 22 heavy (non-hydrogen) atoms. The van der Waals surface area contributed by atoms with Crippen LogP contribution < -0.4 is 10.1 Å². The van der Waals surface area contributed by atoms with Gasteiger partial charge in [0.1, 0.15) is 11.6 Å². The minimum Gasteiger partial charge on any atom is -0.504 e. The van der Waals surface area contributed by atoms with Crippen LogP contribution in [0.4, 0.5) is 0 Å². The molecule has 0 radical (unpaired) electrons. The van der Waals surface area contributed by atoms with Crippen molar-refractivity contribution in [2.24, 2.45) is 0 Å². The molecule has 5 heteroatoms. The Balaban J connectivity index is 2.12. The molecule has 0 saturated heterocycles. The molecule has 116 valence electrons. The molecule has 0 aliphatic heterocycles. The molecule has 1 aliphatic rings. The number of nitrogens with zero attached hydrogens (tertiary/aromatic N) is 1. The number of phenols is 1. The highest BCUT2D eigenvalue weighted by Gasteiger charge is 2.18. The van der Waals surface area contributed by atoms with Gasteiger partial charge in [0.25, 0.3) is 5.91 Å². The highest BCUT2D eigenvalue weighted by atomic mass is 16.5. The van der Waals surface area contributed by atoms with Gasteiger partial charge in [-0.15, -0.1) is 0 Å². The summed E-state index contributed by atoms with van der Waals surface area (Å²) in [5.41, 5.74) is 0.684. The highest BCUT2D eigenvalue weighted by molar-refractivity contribution is 6.01. The van der Waals surface area contributed by atoms with Crippen molar-refractivity contribution in [3.63, 3.8) is 0 Å². The molecule has 2 rings (SSSR count). The first kappa shape index (κ1) is 15.9. The van der Waals surface area contributed by atoms with E-state index in [1.165, 1.54) is 25.7 Å². The molecule has 1 fully saturated rings. The van der Waals surface area contributed by atoms with Crippen molar-refractivity contribution < 1.29 is 14.6 Å². The fourth-order valence-corrected chi connectivity index (χ4v) is 2.61. The van der Waals surface area contributed by atoms with E-state index in [0.29, 0.717) is 11.3 Å². The Bertz CT molecular complexity index is 611. The quantitative estimate of drug-likeness (QED) is 0.661. The van der Waals surface area contributed by atoms with Crippen LogP contribution in [-0.2, 0) is 4.79 Å². The van der Waals surface area contributed by atoms with Crippen molar-refractivity contribution >= 4 is 12.0 Å². The summed E-state index contributed by atoms with van der Waals surface area (Å²) in [6.45, 7) is 0. The van der Waals surface area contributed by atoms with E-state index in [1.807, 2.05) is 6.07 Å². The Hall–Kier alpha value is -2.48. The second-order valence-corrected chi connectivity index (χ2v) is 5.41. The standard InChI is InChI=1S/C17H20N2O3/c1-22-16-10-12(7-8-15(16)20)9-13(11-18)17(21)19-14-5-3-2-4-6-14/h7-10,14,20H,2-6H2,1H3,(H,19,21)/b13-9+. The number of nitrogens with one attached hydrogen (secondary N) is 1. The maximum absolute atomic E-state index is 12.2. The lowest BCUT2D eigenvalue weighted by molar-refractivity contribution is -0.117. The van der Waals surface area contributed by atoms with Crippen LogP contribution in [0.5, 0.6) is 11.5 Å². The average molecular weight is 300 g/mol. The Morgan fingerprint density at radius 1 is 1.41 bits per heavy atom. The van der Waals surface area contributed by atoms with Crippen LogP contribution in [-0.4, -0.2) is 24.2 Å². The van der Waals surface area contributed by atoms with Gasteiger partial charge in [0.05, 0.1) is 7.11 Å². The lowest BCUT2D eigenvalue weighted by Gasteiger charge is -2.22. The zero-order chi connectivity index (χ0) is 15.9. The summed E-state index contributed by atoms with van der Waals surface area (Å²) in [4.78, 5) is 12.2. The average Bonchev–Trinajstić information content (AvgIpc) is 2.54. The van der Waals surface area contributed by atoms with E-state index in [1.54, 1.807) is 12.1 Å². The summed E-state index contributed by atoms with van der Waals surface area (Å²) in [5, 5.41) is 21.7. The van der Waals surface area contributed by atoms with Crippen LogP contribution in [0.3, 0.4) is 0 Å². The van der Waals surface area contributed by atoms with Crippen molar-refractivity contribution in [2.45, 2.75) is 38.1 Å². The van der Waals surface area contributed by atoms with Gasteiger partial charge in [0, 0.05) is 6.04 Å². The molecule has 1 amide bonds. The van der Waals surface area contributed by atoms with Crippen molar-refractivity contribution in [1.82, 2.24) is 5.32 Å². The summed E-state index contributed by atoms with van der Waals surface area (Å²) in [5.74, 6) is -0.0232. The monoisotopic (exact) mass is 300 g/mol. The first-order valence-electron chi connectivity index (χ1n) is 7.43. The van der Waals surface area contributed by atoms with Crippen LogP contribution in [0.2, 0.25) is 0 Å². The van der Waals surface area contributed by atoms with Gasteiger partial charge in [-0.3, -0.25) is 4.79 Å².